The van der Waals surface area contributed by atoms with Crippen molar-refractivity contribution < 1.29 is 43.2 Å². The second kappa shape index (κ2) is 16.9. The summed E-state index contributed by atoms with van der Waals surface area (Å²) in [6.07, 6.45) is 8.66. The van der Waals surface area contributed by atoms with Crippen LogP contribution in [0.25, 0.3) is 11.0 Å². The Morgan fingerprint density at radius 2 is 1.87 bits per heavy atom. The Balaban J connectivity index is 1.37. The summed E-state index contributed by atoms with van der Waals surface area (Å²) >= 11 is 7.21. The lowest BCUT2D eigenvalue weighted by Crippen LogP contribution is -2.12. The number of aliphatic hydroxyl groups is 1. The molecule has 2 heterocycles. The number of phenols is 1. The van der Waals surface area contributed by atoms with Crippen LogP contribution in [0.2, 0.25) is 5.22 Å². The van der Waals surface area contributed by atoms with Gasteiger partial charge in [-0.15, -0.1) is 11.8 Å². The number of fused-ring (bicyclic) bond motifs is 1. The van der Waals surface area contributed by atoms with E-state index in [1.807, 2.05) is 31.2 Å². The van der Waals surface area contributed by atoms with Crippen molar-refractivity contribution in [3.05, 3.63) is 105 Å². The number of halogens is 1. The Morgan fingerprint density at radius 3 is 2.57 bits per heavy atom. The molecule has 0 spiro atoms. The predicted octanol–water partition coefficient (Wildman–Crippen LogP) is 8.51. The van der Waals surface area contributed by atoms with E-state index >= 15 is 0 Å². The van der Waals surface area contributed by atoms with E-state index in [1.165, 1.54) is 18.7 Å². The molecule has 0 aliphatic heterocycles. The van der Waals surface area contributed by atoms with Crippen molar-refractivity contribution in [1.82, 2.24) is 0 Å². The van der Waals surface area contributed by atoms with Gasteiger partial charge in [-0.3, -0.25) is 9.59 Å². The summed E-state index contributed by atoms with van der Waals surface area (Å²) in [6.45, 7) is 3.89. The standard InChI is InChI=1S/C35H35ClO10S/c1-3-10-25-27(15-14-23(21(2)37)33(25)39)43-18-9-7-5-4-6-8-11-30(34(40)28-16-17-31(36)44-28)47-22-12-13-24-26(38)20-32(46-35(41)42)45-29(24)19-22/h4,6,8,11-17,19-20,30,34,39-40H,3,5,7,9-10,18H2,1-2H3,(H,41,42)/b6-4-,11-8+/t30-,34+/m0/s1. The van der Waals surface area contributed by atoms with Gasteiger partial charge in [-0.05, 0) is 86.7 Å². The number of hydrogen-bond donors (Lipinski definition) is 3. The molecule has 4 rings (SSSR count). The number of carboxylic acid groups (broad SMARTS) is 1. The van der Waals surface area contributed by atoms with Crippen LogP contribution in [0.1, 0.15) is 67.3 Å². The van der Waals surface area contributed by atoms with Crippen LogP contribution in [0.5, 0.6) is 17.4 Å². The number of benzene rings is 2. The molecule has 2 aromatic carbocycles. The minimum Gasteiger partial charge on any atom is -0.507 e. The fourth-order valence-corrected chi connectivity index (χ4v) is 5.98. The summed E-state index contributed by atoms with van der Waals surface area (Å²) in [4.78, 5) is 35.7. The number of hydrogen-bond acceptors (Lipinski definition) is 10. The Morgan fingerprint density at radius 1 is 1.06 bits per heavy atom. The molecule has 10 nitrogen and oxygen atoms in total. The number of phenolic OH excluding ortho intramolecular Hbond substituents is 1. The van der Waals surface area contributed by atoms with Gasteiger partial charge < -0.3 is 33.6 Å². The lowest BCUT2D eigenvalue weighted by atomic mass is 10.0. The summed E-state index contributed by atoms with van der Waals surface area (Å²) in [5.74, 6) is 0.228. The number of unbranched alkanes of at least 4 members (excludes halogenated alkanes) is 2. The Kier molecular flexibility index (Phi) is 12.7. The fourth-order valence-electron chi connectivity index (χ4n) is 4.76. The number of aromatic hydroxyl groups is 1. The third kappa shape index (κ3) is 9.77. The van der Waals surface area contributed by atoms with Gasteiger partial charge in [0.2, 0.25) is 0 Å². The molecule has 2 aromatic heterocycles. The van der Waals surface area contributed by atoms with Crippen LogP contribution < -0.4 is 14.9 Å². The Hall–Kier alpha value is -4.45. The minimum absolute atomic E-state index is 0.00464. The number of carbonyl (C=O) groups is 2. The summed E-state index contributed by atoms with van der Waals surface area (Å²) in [6, 6.07) is 12.3. The van der Waals surface area contributed by atoms with Crippen LogP contribution in [0, 0.1) is 0 Å². The van der Waals surface area contributed by atoms with Crippen molar-refractivity contribution >= 4 is 46.3 Å². The number of carbonyl (C=O) groups excluding carboxylic acids is 1. The van der Waals surface area contributed by atoms with Crippen LogP contribution in [-0.4, -0.2) is 39.1 Å². The largest absolute Gasteiger partial charge is 0.513 e. The highest BCUT2D eigenvalue weighted by Crippen LogP contribution is 2.36. The monoisotopic (exact) mass is 682 g/mol. The zero-order chi connectivity index (χ0) is 33.9. The highest BCUT2D eigenvalue weighted by Gasteiger charge is 2.23. The van der Waals surface area contributed by atoms with E-state index in [-0.39, 0.29) is 33.5 Å². The number of allylic oxidation sites excluding steroid dienone is 3. The van der Waals surface area contributed by atoms with Crippen molar-refractivity contribution in [3.8, 4) is 17.4 Å². The maximum atomic E-state index is 12.4. The van der Waals surface area contributed by atoms with Crippen molar-refractivity contribution in [1.29, 1.82) is 0 Å². The van der Waals surface area contributed by atoms with Crippen molar-refractivity contribution in [2.75, 3.05) is 6.61 Å². The molecule has 0 saturated carbocycles. The van der Waals surface area contributed by atoms with Gasteiger partial charge in [0.05, 0.1) is 28.9 Å². The average molecular weight is 683 g/mol. The maximum absolute atomic E-state index is 12.4. The highest BCUT2D eigenvalue weighted by molar-refractivity contribution is 8.00. The van der Waals surface area contributed by atoms with Gasteiger partial charge >= 0.3 is 6.16 Å². The number of aliphatic hydroxyl groups excluding tert-OH is 1. The lowest BCUT2D eigenvalue weighted by Gasteiger charge is -2.18. The molecule has 0 bridgehead atoms. The molecule has 248 valence electrons. The van der Waals surface area contributed by atoms with Crippen molar-refractivity contribution in [2.45, 2.75) is 62.2 Å². The second-order valence-corrected chi connectivity index (χ2v) is 12.2. The van der Waals surface area contributed by atoms with E-state index in [9.17, 15) is 24.6 Å². The number of ketones is 1. The summed E-state index contributed by atoms with van der Waals surface area (Å²) in [5, 5.41) is 30.4. The van der Waals surface area contributed by atoms with E-state index < -0.39 is 28.9 Å². The van der Waals surface area contributed by atoms with Gasteiger partial charge in [0.1, 0.15) is 28.9 Å². The Labute approximate surface area is 280 Å². The number of ether oxygens (including phenoxy) is 2. The van der Waals surface area contributed by atoms with Gasteiger partial charge in [-0.2, -0.15) is 0 Å². The molecular weight excluding hydrogens is 648 g/mol. The van der Waals surface area contributed by atoms with E-state index in [1.54, 1.807) is 42.5 Å². The number of rotatable bonds is 16. The minimum atomic E-state index is -1.61. The number of furan rings is 1. The van der Waals surface area contributed by atoms with Gasteiger partial charge in [0.15, 0.2) is 16.4 Å². The molecular formula is C35H35ClO10S. The molecule has 0 fully saturated rings. The first kappa shape index (κ1) is 35.4. The molecule has 0 aliphatic carbocycles. The van der Waals surface area contributed by atoms with Crippen LogP contribution in [0.3, 0.4) is 0 Å². The molecule has 0 unspecified atom stereocenters. The molecule has 3 N–H and O–H groups in total. The van der Waals surface area contributed by atoms with E-state index in [0.29, 0.717) is 34.8 Å². The molecule has 0 amide bonds. The summed E-state index contributed by atoms with van der Waals surface area (Å²) < 4.78 is 21.3. The first-order valence-electron chi connectivity index (χ1n) is 15.0. The zero-order valence-corrected chi connectivity index (χ0v) is 27.4. The van der Waals surface area contributed by atoms with Crippen LogP contribution >= 0.6 is 23.4 Å². The summed E-state index contributed by atoms with van der Waals surface area (Å²) in [7, 11) is 0. The van der Waals surface area contributed by atoms with Gasteiger partial charge in [0, 0.05) is 10.5 Å². The summed E-state index contributed by atoms with van der Waals surface area (Å²) in [5.41, 5.74) is 0.628. The molecule has 0 radical (unpaired) electrons. The average Bonchev–Trinajstić information content (AvgIpc) is 3.46. The molecule has 0 saturated heterocycles. The fraction of sp³-hybridized carbons (Fsp3) is 0.286. The van der Waals surface area contributed by atoms with Crippen LogP contribution in [-0.2, 0) is 6.42 Å². The predicted molar refractivity (Wildman–Crippen MR) is 179 cm³/mol. The van der Waals surface area contributed by atoms with E-state index in [0.717, 1.165) is 31.7 Å². The normalized spacial score (nSPS) is 12.9. The van der Waals surface area contributed by atoms with Crippen molar-refractivity contribution in [3.63, 3.8) is 0 Å². The maximum Gasteiger partial charge on any atom is 0.513 e. The highest BCUT2D eigenvalue weighted by atomic mass is 35.5. The lowest BCUT2D eigenvalue weighted by molar-refractivity contribution is 0.101. The smallest absolute Gasteiger partial charge is 0.507 e. The Bertz CT molecular complexity index is 1820. The zero-order valence-electron chi connectivity index (χ0n) is 25.8. The third-order valence-electron chi connectivity index (χ3n) is 7.02. The quantitative estimate of drug-likeness (QED) is 0.0342. The van der Waals surface area contributed by atoms with Gasteiger partial charge in [-0.1, -0.05) is 37.6 Å². The third-order valence-corrected chi connectivity index (χ3v) is 8.44. The van der Waals surface area contributed by atoms with Crippen LogP contribution in [0.4, 0.5) is 4.79 Å². The molecule has 12 heteroatoms. The van der Waals surface area contributed by atoms with Crippen molar-refractivity contribution in [2.24, 2.45) is 0 Å². The SMILES string of the molecule is CCCc1c(OCCCC/C=C\C=C\[C@H](Sc2ccc3c(=O)cc(OC(=O)O)oc3c2)[C@H](O)c2ccc(Cl)o2)ccc(C(C)=O)c1O. The number of thioether (sulfide) groups is 1. The topological polar surface area (TPSA) is 157 Å². The van der Waals surface area contributed by atoms with Gasteiger partial charge in [0.25, 0.3) is 5.95 Å². The second-order valence-electron chi connectivity index (χ2n) is 10.5. The molecule has 47 heavy (non-hydrogen) atoms. The molecule has 0 aliphatic rings. The molecule has 2 atom stereocenters. The van der Waals surface area contributed by atoms with Crippen LogP contribution in [0.15, 0.2) is 91.4 Å². The van der Waals surface area contributed by atoms with Gasteiger partial charge in [-0.25, -0.2) is 4.79 Å². The van der Waals surface area contributed by atoms with E-state index in [4.69, 9.17) is 30.3 Å². The first-order chi connectivity index (χ1) is 22.6. The van der Waals surface area contributed by atoms with E-state index in [2.05, 4.69) is 4.74 Å². The molecule has 4 aromatic rings. The first-order valence-corrected chi connectivity index (χ1v) is 16.2. The number of Topliss-reactive ketones (excluding diaryl/α,β-unsaturated/α-hetero) is 1.